The molecule has 0 bridgehead atoms. The fourth-order valence-corrected chi connectivity index (χ4v) is 2.23. The maximum absolute atomic E-state index is 12.7. The number of hydrogen-bond acceptors (Lipinski definition) is 3. The van der Waals surface area contributed by atoms with Crippen molar-refractivity contribution < 1.29 is 4.39 Å². The van der Waals surface area contributed by atoms with Crippen LogP contribution in [-0.4, -0.2) is 0 Å². The van der Waals surface area contributed by atoms with Gasteiger partial charge < -0.3 is 5.73 Å². The van der Waals surface area contributed by atoms with E-state index in [2.05, 4.69) is 6.07 Å². The average Bonchev–Trinajstić information content (AvgIpc) is 2.34. The van der Waals surface area contributed by atoms with Crippen molar-refractivity contribution in [3.05, 3.63) is 53.8 Å². The zero-order chi connectivity index (χ0) is 12.3. The third-order valence-corrected chi connectivity index (χ3v) is 3.25. The van der Waals surface area contributed by atoms with E-state index in [0.29, 0.717) is 11.3 Å². The quantitative estimate of drug-likeness (QED) is 0.823. The van der Waals surface area contributed by atoms with E-state index < -0.39 is 0 Å². The fourth-order valence-electron chi connectivity index (χ4n) is 1.35. The smallest absolute Gasteiger partial charge is 0.123 e. The molecule has 0 aliphatic heterocycles. The lowest BCUT2D eigenvalue weighted by Gasteiger charge is -2.04. The van der Waals surface area contributed by atoms with Crippen LogP contribution in [0.1, 0.15) is 5.56 Å². The summed E-state index contributed by atoms with van der Waals surface area (Å²) in [5.41, 5.74) is 6.69. The van der Waals surface area contributed by atoms with Crippen LogP contribution in [0.15, 0.2) is 52.3 Å². The highest BCUT2D eigenvalue weighted by atomic mass is 32.2. The topological polar surface area (TPSA) is 49.8 Å². The normalized spacial score (nSPS) is 9.88. The fraction of sp³-hybridized carbons (Fsp3) is 0. The van der Waals surface area contributed by atoms with E-state index in [0.717, 1.165) is 9.79 Å². The number of hydrogen-bond donors (Lipinski definition) is 1. The Labute approximate surface area is 103 Å². The summed E-state index contributed by atoms with van der Waals surface area (Å²) < 4.78 is 12.7. The van der Waals surface area contributed by atoms with Gasteiger partial charge in [0.15, 0.2) is 0 Å². The lowest BCUT2D eigenvalue weighted by molar-refractivity contribution is 0.626. The SMILES string of the molecule is N#Cc1cc(N)ccc1Sc1ccc(F)cc1. The monoisotopic (exact) mass is 244 g/mol. The number of nitrogens with two attached hydrogens (primary N) is 1. The number of nitriles is 1. The zero-order valence-electron chi connectivity index (χ0n) is 8.85. The second-order valence-electron chi connectivity index (χ2n) is 3.42. The number of benzene rings is 2. The van der Waals surface area contributed by atoms with Crippen molar-refractivity contribution in [1.29, 1.82) is 5.26 Å². The first-order valence-electron chi connectivity index (χ1n) is 4.92. The van der Waals surface area contributed by atoms with Gasteiger partial charge in [-0.2, -0.15) is 5.26 Å². The summed E-state index contributed by atoms with van der Waals surface area (Å²) >= 11 is 1.41. The number of anilines is 1. The Morgan fingerprint density at radius 3 is 2.47 bits per heavy atom. The minimum Gasteiger partial charge on any atom is -0.399 e. The highest BCUT2D eigenvalue weighted by molar-refractivity contribution is 7.99. The molecule has 0 radical (unpaired) electrons. The summed E-state index contributed by atoms with van der Waals surface area (Å²) in [4.78, 5) is 1.70. The number of nitrogen functional groups attached to an aromatic ring is 1. The molecule has 2 aromatic rings. The largest absolute Gasteiger partial charge is 0.399 e. The molecule has 4 heteroatoms. The summed E-state index contributed by atoms with van der Waals surface area (Å²) in [6.45, 7) is 0. The van der Waals surface area contributed by atoms with Gasteiger partial charge in [-0.15, -0.1) is 0 Å². The molecule has 0 aliphatic rings. The molecule has 0 aliphatic carbocycles. The van der Waals surface area contributed by atoms with Gasteiger partial charge in [-0.25, -0.2) is 4.39 Å². The van der Waals surface area contributed by atoms with Crippen molar-refractivity contribution in [3.63, 3.8) is 0 Å². The molecule has 2 nitrogen and oxygen atoms in total. The molecule has 0 saturated carbocycles. The van der Waals surface area contributed by atoms with Crippen LogP contribution in [0.3, 0.4) is 0 Å². The predicted molar refractivity (Wildman–Crippen MR) is 66.1 cm³/mol. The van der Waals surface area contributed by atoms with E-state index in [1.54, 1.807) is 30.3 Å². The van der Waals surface area contributed by atoms with Crippen molar-refractivity contribution in [3.8, 4) is 6.07 Å². The van der Waals surface area contributed by atoms with E-state index in [1.165, 1.54) is 23.9 Å². The molecule has 2 rings (SSSR count). The first-order valence-corrected chi connectivity index (χ1v) is 5.74. The molecular weight excluding hydrogens is 235 g/mol. The summed E-state index contributed by atoms with van der Waals surface area (Å²) in [5.74, 6) is -0.271. The van der Waals surface area contributed by atoms with Crippen LogP contribution in [0.5, 0.6) is 0 Å². The third-order valence-electron chi connectivity index (χ3n) is 2.17. The third kappa shape index (κ3) is 2.77. The Morgan fingerprint density at radius 1 is 1.12 bits per heavy atom. The van der Waals surface area contributed by atoms with Crippen molar-refractivity contribution in [2.45, 2.75) is 9.79 Å². The first kappa shape index (κ1) is 11.5. The second-order valence-corrected chi connectivity index (χ2v) is 4.54. The first-order chi connectivity index (χ1) is 8.19. The summed E-state index contributed by atoms with van der Waals surface area (Å²) in [6.07, 6.45) is 0. The zero-order valence-corrected chi connectivity index (χ0v) is 9.67. The van der Waals surface area contributed by atoms with E-state index in [1.807, 2.05) is 0 Å². The number of halogens is 1. The van der Waals surface area contributed by atoms with Crippen LogP contribution >= 0.6 is 11.8 Å². The average molecular weight is 244 g/mol. The molecule has 0 amide bonds. The summed E-state index contributed by atoms with van der Waals surface area (Å²) in [6, 6.07) is 13.4. The van der Waals surface area contributed by atoms with Crippen LogP contribution in [0.4, 0.5) is 10.1 Å². The van der Waals surface area contributed by atoms with Gasteiger partial charge in [0.05, 0.1) is 5.56 Å². The Bertz CT molecular complexity index is 573. The predicted octanol–water partition coefficient (Wildman–Crippen LogP) is 3.43. The van der Waals surface area contributed by atoms with Gasteiger partial charge in [-0.3, -0.25) is 0 Å². The van der Waals surface area contributed by atoms with Crippen molar-refractivity contribution in [2.24, 2.45) is 0 Å². The molecule has 0 heterocycles. The van der Waals surface area contributed by atoms with Crippen molar-refractivity contribution in [2.75, 3.05) is 5.73 Å². The number of nitrogens with zero attached hydrogens (tertiary/aromatic N) is 1. The molecule has 84 valence electrons. The van der Waals surface area contributed by atoms with Gasteiger partial charge in [0, 0.05) is 15.5 Å². The van der Waals surface area contributed by atoms with Crippen LogP contribution in [-0.2, 0) is 0 Å². The minimum atomic E-state index is -0.271. The van der Waals surface area contributed by atoms with E-state index in [4.69, 9.17) is 11.0 Å². The van der Waals surface area contributed by atoms with E-state index in [9.17, 15) is 4.39 Å². The Hall–Kier alpha value is -1.99. The van der Waals surface area contributed by atoms with Crippen LogP contribution < -0.4 is 5.73 Å². The number of rotatable bonds is 2. The van der Waals surface area contributed by atoms with Gasteiger partial charge in [0.1, 0.15) is 11.9 Å². The van der Waals surface area contributed by atoms with Crippen molar-refractivity contribution >= 4 is 17.4 Å². The second kappa shape index (κ2) is 4.89. The van der Waals surface area contributed by atoms with Crippen molar-refractivity contribution in [1.82, 2.24) is 0 Å². The molecule has 0 atom stereocenters. The summed E-state index contributed by atoms with van der Waals surface area (Å²) in [7, 11) is 0. The molecule has 0 saturated heterocycles. The molecular formula is C13H9FN2S. The highest BCUT2D eigenvalue weighted by Gasteiger charge is 2.04. The molecule has 2 aromatic carbocycles. The van der Waals surface area contributed by atoms with E-state index in [-0.39, 0.29) is 5.82 Å². The standard InChI is InChI=1S/C13H9FN2S/c14-10-1-4-12(5-2-10)17-13-6-3-11(16)7-9(13)8-15/h1-7H,16H2. The lowest BCUT2D eigenvalue weighted by atomic mass is 10.2. The summed E-state index contributed by atoms with van der Waals surface area (Å²) in [5, 5.41) is 8.99. The molecule has 2 N–H and O–H groups in total. The van der Waals surface area contributed by atoms with E-state index >= 15 is 0 Å². The van der Waals surface area contributed by atoms with Gasteiger partial charge in [-0.1, -0.05) is 11.8 Å². The van der Waals surface area contributed by atoms with Crippen LogP contribution in [0, 0.1) is 17.1 Å². The highest BCUT2D eigenvalue weighted by Crippen LogP contribution is 2.31. The van der Waals surface area contributed by atoms with Gasteiger partial charge in [0.2, 0.25) is 0 Å². The minimum absolute atomic E-state index is 0.271. The molecule has 0 unspecified atom stereocenters. The maximum Gasteiger partial charge on any atom is 0.123 e. The maximum atomic E-state index is 12.7. The van der Waals surface area contributed by atoms with Crippen LogP contribution in [0.2, 0.25) is 0 Å². The van der Waals surface area contributed by atoms with Gasteiger partial charge >= 0.3 is 0 Å². The van der Waals surface area contributed by atoms with Crippen LogP contribution in [0.25, 0.3) is 0 Å². The molecule has 0 spiro atoms. The van der Waals surface area contributed by atoms with Gasteiger partial charge in [-0.05, 0) is 42.5 Å². The Morgan fingerprint density at radius 2 is 1.82 bits per heavy atom. The van der Waals surface area contributed by atoms with Gasteiger partial charge in [0.25, 0.3) is 0 Å². The Balaban J connectivity index is 2.30. The molecule has 0 aromatic heterocycles. The lowest BCUT2D eigenvalue weighted by Crippen LogP contribution is -1.88. The molecule has 0 fully saturated rings. The molecule has 17 heavy (non-hydrogen) atoms. The Kier molecular flexibility index (Phi) is 3.31.